The highest BCUT2D eigenvalue weighted by molar-refractivity contribution is 5.94. The summed E-state index contributed by atoms with van der Waals surface area (Å²) in [5, 5.41) is 3.04. The van der Waals surface area contributed by atoms with E-state index < -0.39 is 0 Å². The maximum atomic E-state index is 12.5. The minimum Gasteiger partial charge on any atom is -0.497 e. The number of carbonyl (C=O) groups excluding carboxylic acids is 2. The number of methoxy groups -OCH3 is 1. The number of pyridine rings is 1. The van der Waals surface area contributed by atoms with Crippen molar-refractivity contribution < 1.29 is 14.3 Å². The second kappa shape index (κ2) is 8.47. The number of aromatic nitrogens is 1. The van der Waals surface area contributed by atoms with Crippen LogP contribution >= 0.6 is 0 Å². The molecule has 1 aliphatic heterocycles. The van der Waals surface area contributed by atoms with Gasteiger partial charge in [-0.15, -0.1) is 0 Å². The molecule has 1 aliphatic rings. The number of carbonyl (C=O) groups is 2. The van der Waals surface area contributed by atoms with Crippen molar-refractivity contribution in [3.8, 4) is 5.75 Å². The van der Waals surface area contributed by atoms with Crippen molar-refractivity contribution in [3.05, 3.63) is 59.9 Å². The van der Waals surface area contributed by atoms with Gasteiger partial charge in [-0.05, 0) is 42.7 Å². The summed E-state index contributed by atoms with van der Waals surface area (Å²) in [6.07, 6.45) is 5.14. The summed E-state index contributed by atoms with van der Waals surface area (Å²) in [7, 11) is 1.62. The largest absolute Gasteiger partial charge is 0.497 e. The molecule has 6 nitrogen and oxygen atoms in total. The summed E-state index contributed by atoms with van der Waals surface area (Å²) in [6, 6.07) is 11.1. The maximum absolute atomic E-state index is 12.5. The van der Waals surface area contributed by atoms with E-state index in [9.17, 15) is 9.59 Å². The molecule has 0 saturated carbocycles. The quantitative estimate of drug-likeness (QED) is 0.893. The Morgan fingerprint density at radius 2 is 1.77 bits per heavy atom. The van der Waals surface area contributed by atoms with Gasteiger partial charge in [0.25, 0.3) is 5.91 Å². The summed E-state index contributed by atoms with van der Waals surface area (Å²) in [5.74, 6) is 0.816. The Balaban J connectivity index is 1.46. The normalized spacial score (nSPS) is 14.7. The number of piperidine rings is 1. The second-order valence-corrected chi connectivity index (χ2v) is 6.39. The minimum atomic E-state index is -0.0876. The van der Waals surface area contributed by atoms with Gasteiger partial charge >= 0.3 is 0 Å². The minimum absolute atomic E-state index is 0.0876. The molecule has 0 atom stereocenters. The first-order chi connectivity index (χ1) is 12.7. The number of likely N-dealkylation sites (tertiary alicyclic amines) is 1. The Hall–Kier alpha value is -2.89. The van der Waals surface area contributed by atoms with Crippen LogP contribution in [-0.4, -0.2) is 47.9 Å². The fourth-order valence-corrected chi connectivity index (χ4v) is 3.08. The highest BCUT2D eigenvalue weighted by atomic mass is 16.5. The van der Waals surface area contributed by atoms with Crippen LogP contribution in [0.2, 0.25) is 0 Å². The van der Waals surface area contributed by atoms with Crippen LogP contribution in [0.5, 0.6) is 5.75 Å². The number of nitrogens with zero attached hydrogens (tertiary/aromatic N) is 2. The molecule has 1 aromatic carbocycles. The number of hydrogen-bond donors (Lipinski definition) is 1. The van der Waals surface area contributed by atoms with Crippen LogP contribution in [0.4, 0.5) is 0 Å². The zero-order valence-corrected chi connectivity index (χ0v) is 14.9. The Morgan fingerprint density at radius 3 is 2.38 bits per heavy atom. The molecular weight excluding hydrogens is 330 g/mol. The van der Waals surface area contributed by atoms with Crippen molar-refractivity contribution in [2.45, 2.75) is 25.3 Å². The molecule has 0 radical (unpaired) electrons. The predicted octanol–water partition coefficient (Wildman–Crippen LogP) is 2.05. The molecule has 2 aromatic rings. The summed E-state index contributed by atoms with van der Waals surface area (Å²) >= 11 is 0. The average molecular weight is 353 g/mol. The Kier molecular flexibility index (Phi) is 5.84. The standard InChI is InChI=1S/C20H23N3O3/c1-26-18-4-2-15(3-5-18)14-19(24)23-12-8-17(9-13-23)22-20(25)16-6-10-21-11-7-16/h2-7,10-11,17H,8-9,12-14H2,1H3,(H,22,25). The van der Waals surface area contributed by atoms with Crippen LogP contribution in [0, 0.1) is 0 Å². The molecule has 0 bridgehead atoms. The lowest BCUT2D eigenvalue weighted by molar-refractivity contribution is -0.131. The summed E-state index contributed by atoms with van der Waals surface area (Å²) < 4.78 is 5.13. The van der Waals surface area contributed by atoms with E-state index in [1.54, 1.807) is 31.6 Å². The van der Waals surface area contributed by atoms with E-state index in [1.807, 2.05) is 29.2 Å². The Morgan fingerprint density at radius 1 is 1.12 bits per heavy atom. The average Bonchev–Trinajstić information content (AvgIpc) is 2.69. The smallest absolute Gasteiger partial charge is 0.251 e. The molecule has 1 N–H and O–H groups in total. The second-order valence-electron chi connectivity index (χ2n) is 6.39. The fraction of sp³-hybridized carbons (Fsp3) is 0.350. The van der Waals surface area contributed by atoms with E-state index >= 15 is 0 Å². The van der Waals surface area contributed by atoms with E-state index in [0.717, 1.165) is 24.2 Å². The molecule has 0 aliphatic carbocycles. The molecule has 2 heterocycles. The number of hydrogen-bond acceptors (Lipinski definition) is 4. The molecule has 3 rings (SSSR count). The van der Waals surface area contributed by atoms with Gasteiger partial charge < -0.3 is 15.0 Å². The molecule has 26 heavy (non-hydrogen) atoms. The van der Waals surface area contributed by atoms with E-state index in [1.165, 1.54) is 0 Å². The van der Waals surface area contributed by atoms with Crippen molar-refractivity contribution >= 4 is 11.8 Å². The van der Waals surface area contributed by atoms with Gasteiger partial charge in [0.2, 0.25) is 5.91 Å². The summed E-state index contributed by atoms with van der Waals surface area (Å²) in [6.45, 7) is 1.33. The van der Waals surface area contributed by atoms with Crippen LogP contribution in [0.3, 0.4) is 0 Å². The van der Waals surface area contributed by atoms with Crippen LogP contribution in [0.25, 0.3) is 0 Å². The van der Waals surface area contributed by atoms with Crippen LogP contribution < -0.4 is 10.1 Å². The highest BCUT2D eigenvalue weighted by Crippen LogP contribution is 2.15. The molecule has 0 unspecified atom stereocenters. The molecule has 0 spiro atoms. The molecule has 6 heteroatoms. The molecule has 1 fully saturated rings. The molecular formula is C20H23N3O3. The van der Waals surface area contributed by atoms with Gasteiger partial charge in [0, 0.05) is 37.1 Å². The molecule has 2 amide bonds. The van der Waals surface area contributed by atoms with E-state index in [4.69, 9.17) is 4.74 Å². The van der Waals surface area contributed by atoms with E-state index in [0.29, 0.717) is 25.1 Å². The van der Waals surface area contributed by atoms with Crippen molar-refractivity contribution in [2.24, 2.45) is 0 Å². The molecule has 1 aromatic heterocycles. The lowest BCUT2D eigenvalue weighted by atomic mass is 10.0. The third-order valence-electron chi connectivity index (χ3n) is 4.64. The van der Waals surface area contributed by atoms with E-state index in [2.05, 4.69) is 10.3 Å². The van der Waals surface area contributed by atoms with Crippen LogP contribution in [0.15, 0.2) is 48.8 Å². The van der Waals surface area contributed by atoms with Gasteiger partial charge in [-0.2, -0.15) is 0 Å². The SMILES string of the molecule is COc1ccc(CC(=O)N2CCC(NC(=O)c3ccncc3)CC2)cc1. The summed E-state index contributed by atoms with van der Waals surface area (Å²) in [4.78, 5) is 30.5. The molecule has 1 saturated heterocycles. The lowest BCUT2D eigenvalue weighted by Crippen LogP contribution is -2.47. The highest BCUT2D eigenvalue weighted by Gasteiger charge is 2.24. The summed E-state index contributed by atoms with van der Waals surface area (Å²) in [5.41, 5.74) is 1.59. The van der Waals surface area contributed by atoms with Gasteiger partial charge in [-0.1, -0.05) is 12.1 Å². The van der Waals surface area contributed by atoms with Gasteiger partial charge in [0.15, 0.2) is 0 Å². The fourth-order valence-electron chi connectivity index (χ4n) is 3.08. The van der Waals surface area contributed by atoms with Crippen LogP contribution in [-0.2, 0) is 11.2 Å². The number of rotatable bonds is 5. The number of amides is 2. The van der Waals surface area contributed by atoms with Crippen LogP contribution in [0.1, 0.15) is 28.8 Å². The lowest BCUT2D eigenvalue weighted by Gasteiger charge is -2.32. The maximum Gasteiger partial charge on any atom is 0.251 e. The first-order valence-corrected chi connectivity index (χ1v) is 8.77. The third-order valence-corrected chi connectivity index (χ3v) is 4.64. The van der Waals surface area contributed by atoms with E-state index in [-0.39, 0.29) is 17.9 Å². The van der Waals surface area contributed by atoms with Gasteiger partial charge in [-0.25, -0.2) is 0 Å². The van der Waals surface area contributed by atoms with Crippen molar-refractivity contribution in [1.29, 1.82) is 0 Å². The number of nitrogens with one attached hydrogen (secondary N) is 1. The van der Waals surface area contributed by atoms with Gasteiger partial charge in [-0.3, -0.25) is 14.6 Å². The van der Waals surface area contributed by atoms with Crippen molar-refractivity contribution in [3.63, 3.8) is 0 Å². The van der Waals surface area contributed by atoms with Gasteiger partial charge in [0.05, 0.1) is 13.5 Å². The first kappa shape index (κ1) is 17.9. The molecule has 136 valence electrons. The van der Waals surface area contributed by atoms with Gasteiger partial charge in [0.1, 0.15) is 5.75 Å². The Bertz CT molecular complexity index is 739. The first-order valence-electron chi connectivity index (χ1n) is 8.77. The number of ether oxygens (including phenoxy) is 1. The van der Waals surface area contributed by atoms with Crippen molar-refractivity contribution in [2.75, 3.05) is 20.2 Å². The predicted molar refractivity (Wildman–Crippen MR) is 98.0 cm³/mol. The monoisotopic (exact) mass is 353 g/mol. The number of benzene rings is 1. The zero-order chi connectivity index (χ0) is 18.4. The zero-order valence-electron chi connectivity index (χ0n) is 14.9. The third kappa shape index (κ3) is 4.59. The Labute approximate surface area is 153 Å². The topological polar surface area (TPSA) is 71.5 Å². The van der Waals surface area contributed by atoms with Crippen molar-refractivity contribution in [1.82, 2.24) is 15.2 Å².